The smallest absolute Gasteiger partial charge is 0.321 e. The summed E-state index contributed by atoms with van der Waals surface area (Å²) in [7, 11) is 0. The molecule has 1 aromatic rings. The summed E-state index contributed by atoms with van der Waals surface area (Å²) in [5, 5.41) is 9.00. The number of aliphatic carboxylic acids is 1. The van der Waals surface area contributed by atoms with Crippen molar-refractivity contribution in [1.82, 2.24) is 4.72 Å². The third kappa shape index (κ3) is 5.56. The van der Waals surface area contributed by atoms with Crippen LogP contribution in [0.4, 0.5) is 0 Å². The average Bonchev–Trinajstić information content (AvgIpc) is 2.34. The summed E-state index contributed by atoms with van der Waals surface area (Å²) in [4.78, 5) is 11.0. The second-order valence-electron chi connectivity index (χ2n) is 4.62. The summed E-state index contributed by atoms with van der Waals surface area (Å²) in [6.45, 7) is 3.83. The van der Waals surface area contributed by atoms with Crippen LogP contribution in [0.15, 0.2) is 30.3 Å². The highest BCUT2D eigenvalue weighted by Crippen LogP contribution is 2.09. The van der Waals surface area contributed by atoms with Gasteiger partial charge >= 0.3 is 5.97 Å². The maximum absolute atomic E-state index is 11.0. The van der Waals surface area contributed by atoms with Gasteiger partial charge in [0.25, 0.3) is 0 Å². The van der Waals surface area contributed by atoms with E-state index in [0.29, 0.717) is 0 Å². The lowest BCUT2D eigenvalue weighted by Gasteiger charge is -2.16. The van der Waals surface area contributed by atoms with Gasteiger partial charge in [0.1, 0.15) is 6.04 Å². The Balaban J connectivity index is 2.17. The van der Waals surface area contributed by atoms with E-state index in [9.17, 15) is 4.79 Å². The van der Waals surface area contributed by atoms with Crippen LogP contribution in [0.25, 0.3) is 0 Å². The number of nitrogens with one attached hydrogen (secondary N) is 1. The van der Waals surface area contributed by atoms with Crippen molar-refractivity contribution in [3.63, 3.8) is 0 Å². The van der Waals surface area contributed by atoms with Crippen molar-refractivity contribution in [2.45, 2.75) is 32.7 Å². The molecule has 0 aliphatic carbocycles. The fourth-order valence-electron chi connectivity index (χ4n) is 1.61. The normalized spacial score (nSPS) is 12.6. The third-order valence-electron chi connectivity index (χ3n) is 2.70. The zero-order valence-corrected chi connectivity index (χ0v) is 11.7. The monoisotopic (exact) mass is 267 g/mol. The van der Waals surface area contributed by atoms with Crippen molar-refractivity contribution in [1.29, 1.82) is 0 Å². The lowest BCUT2D eigenvalue weighted by molar-refractivity contribution is -0.139. The molecule has 0 fully saturated rings. The minimum absolute atomic E-state index is 0.101. The molecule has 18 heavy (non-hydrogen) atoms. The van der Waals surface area contributed by atoms with Gasteiger partial charge in [-0.05, 0) is 24.3 Å². The van der Waals surface area contributed by atoms with Gasteiger partial charge in [0.05, 0.1) is 0 Å². The van der Waals surface area contributed by atoms with Crippen LogP contribution in [0.3, 0.4) is 0 Å². The largest absolute Gasteiger partial charge is 0.480 e. The Hall–Kier alpha value is -1.00. The van der Waals surface area contributed by atoms with E-state index in [1.54, 1.807) is 0 Å². The van der Waals surface area contributed by atoms with Gasteiger partial charge in [-0.2, -0.15) is 0 Å². The van der Waals surface area contributed by atoms with Crippen LogP contribution in [0.2, 0.25) is 0 Å². The second-order valence-corrected chi connectivity index (χ2v) is 5.55. The molecule has 0 spiro atoms. The maximum Gasteiger partial charge on any atom is 0.321 e. The van der Waals surface area contributed by atoms with E-state index in [1.165, 1.54) is 17.5 Å². The molecule has 0 radical (unpaired) electrons. The van der Waals surface area contributed by atoms with Crippen molar-refractivity contribution in [3.05, 3.63) is 35.9 Å². The van der Waals surface area contributed by atoms with Gasteiger partial charge in [0.2, 0.25) is 0 Å². The number of hydrogen-bond donors (Lipinski definition) is 2. The predicted molar refractivity (Wildman–Crippen MR) is 76.6 cm³/mol. The van der Waals surface area contributed by atoms with Crippen molar-refractivity contribution in [2.75, 3.05) is 5.75 Å². The molecule has 0 heterocycles. The van der Waals surface area contributed by atoms with Crippen LogP contribution in [-0.2, 0) is 11.2 Å². The molecule has 4 heteroatoms. The highest BCUT2D eigenvalue weighted by molar-refractivity contribution is 7.97. The third-order valence-corrected chi connectivity index (χ3v) is 3.61. The maximum atomic E-state index is 11.0. The molecule has 3 nitrogen and oxygen atoms in total. The Morgan fingerprint density at radius 1 is 1.33 bits per heavy atom. The zero-order valence-electron chi connectivity index (χ0n) is 10.9. The summed E-state index contributed by atoms with van der Waals surface area (Å²) < 4.78 is 3.02. The number of aryl methyl sites for hydroxylation is 1. The summed E-state index contributed by atoms with van der Waals surface area (Å²) in [5.41, 5.74) is 1.33. The van der Waals surface area contributed by atoms with Gasteiger partial charge in [0, 0.05) is 5.75 Å². The van der Waals surface area contributed by atoms with E-state index in [1.807, 2.05) is 32.0 Å². The number of hydrogen-bond acceptors (Lipinski definition) is 3. The summed E-state index contributed by atoms with van der Waals surface area (Å²) in [6, 6.07) is 9.87. The van der Waals surface area contributed by atoms with Crippen LogP contribution >= 0.6 is 11.9 Å². The van der Waals surface area contributed by atoms with E-state index < -0.39 is 12.0 Å². The van der Waals surface area contributed by atoms with Gasteiger partial charge in [-0.1, -0.05) is 56.1 Å². The Kier molecular flexibility index (Phi) is 6.83. The van der Waals surface area contributed by atoms with E-state index in [0.717, 1.165) is 18.6 Å². The standard InChI is InChI=1S/C14H21NO2S/c1-11(2)13(14(16)17)15-18-10-6-9-12-7-4-3-5-8-12/h3-5,7-8,11,13,15H,6,9-10H2,1-2H3,(H,16,17). The topological polar surface area (TPSA) is 49.3 Å². The molecule has 1 atom stereocenters. The molecule has 1 unspecified atom stereocenters. The highest BCUT2D eigenvalue weighted by Gasteiger charge is 2.20. The fourth-order valence-corrected chi connectivity index (χ4v) is 2.57. The van der Waals surface area contributed by atoms with Crippen LogP contribution in [0.5, 0.6) is 0 Å². The van der Waals surface area contributed by atoms with Crippen molar-refractivity contribution < 1.29 is 9.90 Å². The van der Waals surface area contributed by atoms with Crippen LogP contribution < -0.4 is 4.72 Å². The van der Waals surface area contributed by atoms with Gasteiger partial charge in [-0.3, -0.25) is 4.79 Å². The SMILES string of the molecule is CC(C)C(NSCCCc1ccccc1)C(=O)O. The molecular weight excluding hydrogens is 246 g/mol. The lowest BCUT2D eigenvalue weighted by atomic mass is 10.1. The van der Waals surface area contributed by atoms with Gasteiger partial charge in [0.15, 0.2) is 0 Å². The number of carboxylic acids is 1. The van der Waals surface area contributed by atoms with Crippen molar-refractivity contribution in [3.8, 4) is 0 Å². The minimum atomic E-state index is -0.777. The first-order valence-corrected chi connectivity index (χ1v) is 7.24. The molecule has 0 amide bonds. The quantitative estimate of drug-likeness (QED) is 0.561. The number of benzene rings is 1. The van der Waals surface area contributed by atoms with Gasteiger partial charge in [-0.25, -0.2) is 4.72 Å². The molecule has 0 saturated carbocycles. The summed E-state index contributed by atoms with van der Waals surface area (Å²) in [6.07, 6.45) is 2.08. The summed E-state index contributed by atoms with van der Waals surface area (Å²) in [5.74, 6) is 0.246. The van der Waals surface area contributed by atoms with Crippen LogP contribution in [0.1, 0.15) is 25.8 Å². The van der Waals surface area contributed by atoms with Crippen LogP contribution in [-0.4, -0.2) is 22.9 Å². The minimum Gasteiger partial charge on any atom is -0.480 e. The first-order valence-electron chi connectivity index (χ1n) is 6.25. The van der Waals surface area contributed by atoms with E-state index >= 15 is 0 Å². The molecule has 2 N–H and O–H groups in total. The van der Waals surface area contributed by atoms with Crippen molar-refractivity contribution >= 4 is 17.9 Å². The Morgan fingerprint density at radius 2 is 2.00 bits per heavy atom. The molecule has 100 valence electrons. The number of rotatable bonds is 8. The molecule has 0 bridgehead atoms. The van der Waals surface area contributed by atoms with Crippen molar-refractivity contribution in [2.24, 2.45) is 5.92 Å². The fraction of sp³-hybridized carbons (Fsp3) is 0.500. The first kappa shape index (κ1) is 15.1. The zero-order chi connectivity index (χ0) is 13.4. The Morgan fingerprint density at radius 3 is 2.56 bits per heavy atom. The predicted octanol–water partition coefficient (Wildman–Crippen LogP) is 2.97. The lowest BCUT2D eigenvalue weighted by Crippen LogP contribution is -2.37. The first-order chi connectivity index (χ1) is 8.61. The Bertz CT molecular complexity index is 354. The molecule has 0 aliphatic heterocycles. The molecular formula is C14H21NO2S. The molecule has 0 saturated heterocycles. The molecule has 0 aliphatic rings. The van der Waals surface area contributed by atoms with E-state index in [-0.39, 0.29) is 5.92 Å². The highest BCUT2D eigenvalue weighted by atomic mass is 32.2. The summed E-state index contributed by atoms with van der Waals surface area (Å²) >= 11 is 1.51. The molecule has 0 aromatic heterocycles. The van der Waals surface area contributed by atoms with Gasteiger partial charge < -0.3 is 5.11 Å². The van der Waals surface area contributed by atoms with E-state index in [4.69, 9.17) is 5.11 Å². The molecule has 1 rings (SSSR count). The van der Waals surface area contributed by atoms with Crippen LogP contribution in [0, 0.1) is 5.92 Å². The second kappa shape index (κ2) is 8.16. The van der Waals surface area contributed by atoms with E-state index in [2.05, 4.69) is 16.9 Å². The molecule has 1 aromatic carbocycles. The van der Waals surface area contributed by atoms with Gasteiger partial charge in [-0.15, -0.1) is 0 Å². The Labute approximate surface area is 113 Å². The number of carboxylic acid groups (broad SMARTS) is 1. The average molecular weight is 267 g/mol. The number of carbonyl (C=O) groups is 1.